The molecular weight excluding hydrogens is 335 g/mol. The van der Waals surface area contributed by atoms with Gasteiger partial charge in [0.1, 0.15) is 5.69 Å². The fourth-order valence-corrected chi connectivity index (χ4v) is 2.06. The van der Waals surface area contributed by atoms with E-state index in [-0.39, 0.29) is 22.9 Å². The van der Waals surface area contributed by atoms with E-state index in [1.54, 1.807) is 0 Å². The van der Waals surface area contributed by atoms with E-state index in [0.29, 0.717) is 6.54 Å². The molecule has 0 unspecified atom stereocenters. The van der Waals surface area contributed by atoms with Crippen LogP contribution in [-0.2, 0) is 6.18 Å². The predicted molar refractivity (Wildman–Crippen MR) is 86.3 cm³/mol. The van der Waals surface area contributed by atoms with E-state index in [0.717, 1.165) is 18.6 Å². The van der Waals surface area contributed by atoms with Gasteiger partial charge < -0.3 is 10.6 Å². The van der Waals surface area contributed by atoms with E-state index in [9.17, 15) is 22.8 Å². The molecule has 0 aliphatic heterocycles. The van der Waals surface area contributed by atoms with Crippen molar-refractivity contribution in [2.24, 2.45) is 0 Å². The van der Waals surface area contributed by atoms with Crippen molar-refractivity contribution in [2.45, 2.75) is 19.5 Å². The molecule has 25 heavy (non-hydrogen) atoms. The maximum absolute atomic E-state index is 13.0. The zero-order valence-electron chi connectivity index (χ0n) is 13.4. The summed E-state index contributed by atoms with van der Waals surface area (Å²) in [6, 6.07) is 7.29. The molecule has 0 saturated heterocycles. The molecule has 2 N–H and O–H groups in total. The van der Waals surface area contributed by atoms with Gasteiger partial charge in [-0.3, -0.25) is 14.6 Å². The summed E-state index contributed by atoms with van der Waals surface area (Å²) in [6.07, 6.45) is -2.59. The van der Waals surface area contributed by atoms with Crippen LogP contribution >= 0.6 is 0 Å². The van der Waals surface area contributed by atoms with Crippen LogP contribution in [0.15, 0.2) is 42.6 Å². The Morgan fingerprint density at radius 2 is 1.84 bits per heavy atom. The Kier molecular flexibility index (Phi) is 5.74. The summed E-state index contributed by atoms with van der Waals surface area (Å²) in [6.45, 7) is 2.37. The molecular formula is C17H16F3N3O2. The van der Waals surface area contributed by atoms with E-state index in [1.807, 2.05) is 6.92 Å². The third-order valence-corrected chi connectivity index (χ3v) is 3.27. The molecule has 5 nitrogen and oxygen atoms in total. The highest BCUT2D eigenvalue weighted by atomic mass is 19.4. The highest BCUT2D eigenvalue weighted by Crippen LogP contribution is 2.34. The summed E-state index contributed by atoms with van der Waals surface area (Å²) in [4.78, 5) is 27.9. The van der Waals surface area contributed by atoms with Gasteiger partial charge in [0.15, 0.2) is 0 Å². The lowest BCUT2D eigenvalue weighted by Crippen LogP contribution is -2.25. The fourth-order valence-electron chi connectivity index (χ4n) is 2.06. The second-order valence-corrected chi connectivity index (χ2v) is 5.18. The van der Waals surface area contributed by atoms with Crippen molar-refractivity contribution < 1.29 is 22.8 Å². The minimum Gasteiger partial charge on any atom is -0.352 e. The van der Waals surface area contributed by atoms with E-state index in [2.05, 4.69) is 15.6 Å². The summed E-state index contributed by atoms with van der Waals surface area (Å²) in [7, 11) is 0. The van der Waals surface area contributed by atoms with E-state index in [1.165, 1.54) is 30.5 Å². The molecule has 0 radical (unpaired) electrons. The molecule has 0 fully saturated rings. The minimum atomic E-state index is -4.60. The summed E-state index contributed by atoms with van der Waals surface area (Å²) in [5.41, 5.74) is -1.28. The van der Waals surface area contributed by atoms with Crippen LogP contribution in [0.2, 0.25) is 0 Å². The number of hydrogen-bond donors (Lipinski definition) is 2. The number of halogens is 3. The summed E-state index contributed by atoms with van der Waals surface area (Å²) < 4.78 is 38.9. The SMILES string of the molecule is CCCNC(=O)c1ccnc(C(=O)Nc2ccccc2C(F)(F)F)c1. The highest BCUT2D eigenvalue weighted by molar-refractivity contribution is 6.05. The highest BCUT2D eigenvalue weighted by Gasteiger charge is 2.33. The smallest absolute Gasteiger partial charge is 0.352 e. The van der Waals surface area contributed by atoms with Crippen molar-refractivity contribution in [3.8, 4) is 0 Å². The van der Waals surface area contributed by atoms with Crippen LogP contribution in [0.25, 0.3) is 0 Å². The second-order valence-electron chi connectivity index (χ2n) is 5.18. The Morgan fingerprint density at radius 1 is 1.12 bits per heavy atom. The summed E-state index contributed by atoms with van der Waals surface area (Å²) in [5, 5.41) is 4.84. The standard InChI is InChI=1S/C17H16F3N3O2/c1-2-8-22-15(24)11-7-9-21-14(10-11)16(25)23-13-6-4-3-5-12(13)17(18,19)20/h3-7,9-10H,2,8H2,1H3,(H,22,24)(H,23,25). The molecule has 8 heteroatoms. The van der Waals surface area contributed by atoms with Crippen molar-refractivity contribution in [1.29, 1.82) is 0 Å². The monoisotopic (exact) mass is 351 g/mol. The van der Waals surface area contributed by atoms with Gasteiger partial charge in [-0.1, -0.05) is 19.1 Å². The number of aromatic nitrogens is 1. The molecule has 1 aromatic carbocycles. The van der Waals surface area contributed by atoms with Crippen LogP contribution in [0.4, 0.5) is 18.9 Å². The average Bonchev–Trinajstić information content (AvgIpc) is 2.59. The fraction of sp³-hybridized carbons (Fsp3) is 0.235. The molecule has 1 heterocycles. The number of benzene rings is 1. The van der Waals surface area contributed by atoms with Crippen molar-refractivity contribution in [3.05, 3.63) is 59.4 Å². The molecule has 0 atom stereocenters. The van der Waals surface area contributed by atoms with Crippen LogP contribution in [0.5, 0.6) is 0 Å². The van der Waals surface area contributed by atoms with Crippen molar-refractivity contribution >= 4 is 17.5 Å². The Hall–Kier alpha value is -2.90. The Balaban J connectivity index is 2.21. The Morgan fingerprint density at radius 3 is 2.52 bits per heavy atom. The van der Waals surface area contributed by atoms with Crippen LogP contribution in [0.1, 0.15) is 39.8 Å². The zero-order valence-corrected chi connectivity index (χ0v) is 13.4. The zero-order chi connectivity index (χ0) is 18.4. The molecule has 2 aromatic rings. The Labute approximate surface area is 142 Å². The number of alkyl halides is 3. The number of carbonyl (C=O) groups excluding carboxylic acids is 2. The number of rotatable bonds is 5. The van der Waals surface area contributed by atoms with Gasteiger partial charge in [-0.2, -0.15) is 13.2 Å². The van der Waals surface area contributed by atoms with Crippen molar-refractivity contribution in [3.63, 3.8) is 0 Å². The van der Waals surface area contributed by atoms with Gasteiger partial charge in [-0.15, -0.1) is 0 Å². The third-order valence-electron chi connectivity index (χ3n) is 3.27. The molecule has 0 spiro atoms. The number of pyridine rings is 1. The molecule has 0 saturated carbocycles. The number of hydrogen-bond acceptors (Lipinski definition) is 3. The van der Waals surface area contributed by atoms with Crippen molar-refractivity contribution in [1.82, 2.24) is 10.3 Å². The third kappa shape index (κ3) is 4.79. The largest absolute Gasteiger partial charge is 0.418 e. The van der Waals surface area contributed by atoms with Crippen LogP contribution in [-0.4, -0.2) is 23.3 Å². The van der Waals surface area contributed by atoms with Crippen molar-refractivity contribution in [2.75, 3.05) is 11.9 Å². The van der Waals surface area contributed by atoms with E-state index >= 15 is 0 Å². The van der Waals surface area contributed by atoms with Crippen LogP contribution in [0.3, 0.4) is 0 Å². The lowest BCUT2D eigenvalue weighted by molar-refractivity contribution is -0.136. The predicted octanol–water partition coefficient (Wildman–Crippen LogP) is 3.49. The lowest BCUT2D eigenvalue weighted by Gasteiger charge is -2.13. The van der Waals surface area contributed by atoms with Gasteiger partial charge in [-0.25, -0.2) is 0 Å². The quantitative estimate of drug-likeness (QED) is 0.866. The van der Waals surface area contributed by atoms with Crippen LogP contribution in [0, 0.1) is 0 Å². The number of carbonyl (C=O) groups is 2. The molecule has 1 aromatic heterocycles. The molecule has 2 rings (SSSR count). The van der Waals surface area contributed by atoms with Gasteiger partial charge in [0.2, 0.25) is 0 Å². The first-order valence-corrected chi connectivity index (χ1v) is 7.54. The topological polar surface area (TPSA) is 71.1 Å². The van der Waals surface area contributed by atoms with Gasteiger partial charge >= 0.3 is 6.18 Å². The van der Waals surface area contributed by atoms with Crippen LogP contribution < -0.4 is 10.6 Å². The maximum Gasteiger partial charge on any atom is 0.418 e. The van der Waals surface area contributed by atoms with E-state index < -0.39 is 17.6 Å². The lowest BCUT2D eigenvalue weighted by atomic mass is 10.1. The first-order valence-electron chi connectivity index (χ1n) is 7.54. The number of amides is 2. The summed E-state index contributed by atoms with van der Waals surface area (Å²) in [5.74, 6) is -1.21. The normalized spacial score (nSPS) is 11.0. The molecule has 0 bridgehead atoms. The molecule has 0 aliphatic carbocycles. The van der Waals surface area contributed by atoms with Gasteiger partial charge in [0.25, 0.3) is 11.8 Å². The average molecular weight is 351 g/mol. The second kappa shape index (κ2) is 7.78. The number of para-hydroxylation sites is 1. The number of anilines is 1. The molecule has 0 aliphatic rings. The first kappa shape index (κ1) is 18.4. The van der Waals surface area contributed by atoms with Gasteiger partial charge in [0.05, 0.1) is 11.3 Å². The first-order chi connectivity index (χ1) is 11.8. The van der Waals surface area contributed by atoms with Gasteiger partial charge in [-0.05, 0) is 30.7 Å². The van der Waals surface area contributed by atoms with Gasteiger partial charge in [0, 0.05) is 18.3 Å². The minimum absolute atomic E-state index is 0.152. The molecule has 2 amide bonds. The van der Waals surface area contributed by atoms with E-state index in [4.69, 9.17) is 0 Å². The Bertz CT molecular complexity index is 776. The molecule has 132 valence electrons. The summed E-state index contributed by atoms with van der Waals surface area (Å²) >= 11 is 0. The maximum atomic E-state index is 13.0. The number of nitrogens with zero attached hydrogens (tertiary/aromatic N) is 1. The number of nitrogens with one attached hydrogen (secondary N) is 2.